The molecule has 0 radical (unpaired) electrons. The van der Waals surface area contributed by atoms with Crippen LogP contribution in [0.3, 0.4) is 0 Å². The number of rotatable bonds is 4. The van der Waals surface area contributed by atoms with Gasteiger partial charge in [-0.25, -0.2) is 4.98 Å². The zero-order valence-corrected chi connectivity index (χ0v) is 9.80. The smallest absolute Gasteiger partial charge is 0.138 e. The summed E-state index contributed by atoms with van der Waals surface area (Å²) in [5.74, 6) is 0.610. The Morgan fingerprint density at radius 2 is 2.24 bits per heavy atom. The SMILES string of the molecule is C[C@@H](O)c1nc2cc(N)ccc2n1CCCO. The van der Waals surface area contributed by atoms with Crippen LogP contribution in [0.15, 0.2) is 18.2 Å². The average molecular weight is 235 g/mol. The number of fused-ring (bicyclic) bond motifs is 1. The van der Waals surface area contributed by atoms with Gasteiger partial charge in [-0.15, -0.1) is 0 Å². The van der Waals surface area contributed by atoms with E-state index >= 15 is 0 Å². The molecule has 5 nitrogen and oxygen atoms in total. The van der Waals surface area contributed by atoms with E-state index in [1.54, 1.807) is 13.0 Å². The largest absolute Gasteiger partial charge is 0.399 e. The maximum atomic E-state index is 9.70. The summed E-state index contributed by atoms with van der Waals surface area (Å²) >= 11 is 0. The number of nitrogen functional groups attached to an aromatic ring is 1. The number of hydrogen-bond donors (Lipinski definition) is 3. The predicted molar refractivity (Wildman–Crippen MR) is 66.5 cm³/mol. The molecule has 0 spiro atoms. The Balaban J connectivity index is 2.54. The van der Waals surface area contributed by atoms with Crippen molar-refractivity contribution in [3.05, 3.63) is 24.0 Å². The molecule has 0 bridgehead atoms. The van der Waals surface area contributed by atoms with Gasteiger partial charge in [0.2, 0.25) is 0 Å². The molecule has 1 aromatic heterocycles. The molecule has 0 aliphatic heterocycles. The van der Waals surface area contributed by atoms with Gasteiger partial charge in [-0.2, -0.15) is 0 Å². The van der Waals surface area contributed by atoms with E-state index in [-0.39, 0.29) is 6.61 Å². The lowest BCUT2D eigenvalue weighted by atomic mass is 10.3. The van der Waals surface area contributed by atoms with Crippen LogP contribution in [0.5, 0.6) is 0 Å². The highest BCUT2D eigenvalue weighted by Gasteiger charge is 2.14. The summed E-state index contributed by atoms with van der Waals surface area (Å²) in [5, 5.41) is 18.6. The Labute approximate surface area is 99.5 Å². The second-order valence-electron chi connectivity index (χ2n) is 4.12. The lowest BCUT2D eigenvalue weighted by Gasteiger charge is -2.09. The summed E-state index contributed by atoms with van der Waals surface area (Å²) in [5.41, 5.74) is 8.07. The van der Waals surface area contributed by atoms with Crippen molar-refractivity contribution >= 4 is 16.7 Å². The molecule has 1 heterocycles. The molecule has 0 saturated heterocycles. The molecule has 17 heavy (non-hydrogen) atoms. The van der Waals surface area contributed by atoms with E-state index in [0.717, 1.165) is 11.0 Å². The topological polar surface area (TPSA) is 84.3 Å². The minimum atomic E-state index is -0.637. The maximum Gasteiger partial charge on any atom is 0.138 e. The Morgan fingerprint density at radius 3 is 2.88 bits per heavy atom. The molecular formula is C12H17N3O2. The zero-order chi connectivity index (χ0) is 12.4. The Hall–Kier alpha value is -1.59. The van der Waals surface area contributed by atoms with Crippen LogP contribution >= 0.6 is 0 Å². The van der Waals surface area contributed by atoms with Gasteiger partial charge in [0.25, 0.3) is 0 Å². The highest BCUT2D eigenvalue weighted by atomic mass is 16.3. The lowest BCUT2D eigenvalue weighted by molar-refractivity contribution is 0.183. The lowest BCUT2D eigenvalue weighted by Crippen LogP contribution is -2.08. The molecule has 0 fully saturated rings. The first-order valence-electron chi connectivity index (χ1n) is 5.68. The molecule has 1 aromatic carbocycles. The molecule has 0 aliphatic carbocycles. The first kappa shape index (κ1) is 11.9. The third kappa shape index (κ3) is 2.25. The Kier molecular flexibility index (Phi) is 3.31. The van der Waals surface area contributed by atoms with Crippen molar-refractivity contribution in [1.82, 2.24) is 9.55 Å². The van der Waals surface area contributed by atoms with Gasteiger partial charge in [-0.05, 0) is 31.5 Å². The molecule has 5 heteroatoms. The van der Waals surface area contributed by atoms with Crippen molar-refractivity contribution in [2.45, 2.75) is 26.0 Å². The number of aliphatic hydroxyl groups excluding tert-OH is 2. The Morgan fingerprint density at radius 1 is 1.47 bits per heavy atom. The number of benzene rings is 1. The third-order valence-corrected chi connectivity index (χ3v) is 2.72. The van der Waals surface area contributed by atoms with Gasteiger partial charge in [0.15, 0.2) is 0 Å². The van der Waals surface area contributed by atoms with Crippen LogP contribution in [-0.2, 0) is 6.54 Å². The summed E-state index contributed by atoms with van der Waals surface area (Å²) in [4.78, 5) is 4.38. The third-order valence-electron chi connectivity index (χ3n) is 2.72. The molecule has 4 N–H and O–H groups in total. The molecule has 0 unspecified atom stereocenters. The van der Waals surface area contributed by atoms with Gasteiger partial charge >= 0.3 is 0 Å². The fourth-order valence-electron chi connectivity index (χ4n) is 1.95. The highest BCUT2D eigenvalue weighted by molar-refractivity contribution is 5.79. The van der Waals surface area contributed by atoms with Crippen molar-refractivity contribution < 1.29 is 10.2 Å². The highest BCUT2D eigenvalue weighted by Crippen LogP contribution is 2.22. The predicted octanol–water partition coefficient (Wildman–Crippen LogP) is 1.05. The summed E-state index contributed by atoms with van der Waals surface area (Å²) in [6.45, 7) is 2.44. The molecule has 0 aliphatic rings. The quantitative estimate of drug-likeness (QED) is 0.692. The maximum absolute atomic E-state index is 9.70. The zero-order valence-electron chi connectivity index (χ0n) is 9.80. The van der Waals surface area contributed by atoms with Gasteiger partial charge in [0.05, 0.1) is 11.0 Å². The van der Waals surface area contributed by atoms with Crippen LogP contribution in [0, 0.1) is 0 Å². The fraction of sp³-hybridized carbons (Fsp3) is 0.417. The van der Waals surface area contributed by atoms with Gasteiger partial charge in [0, 0.05) is 18.8 Å². The normalized spacial score (nSPS) is 13.1. The Bertz CT molecular complexity index is 520. The summed E-state index contributed by atoms with van der Waals surface area (Å²) in [6.07, 6.45) is -0.00226. The number of anilines is 1. The van der Waals surface area contributed by atoms with Crippen LogP contribution in [0.4, 0.5) is 5.69 Å². The number of aliphatic hydroxyl groups is 2. The van der Waals surface area contributed by atoms with E-state index in [1.807, 2.05) is 16.7 Å². The van der Waals surface area contributed by atoms with E-state index in [0.29, 0.717) is 24.5 Å². The van der Waals surface area contributed by atoms with E-state index < -0.39 is 6.10 Å². The number of hydrogen-bond acceptors (Lipinski definition) is 4. The van der Waals surface area contributed by atoms with Crippen LogP contribution in [-0.4, -0.2) is 26.4 Å². The van der Waals surface area contributed by atoms with Crippen molar-refractivity contribution in [2.24, 2.45) is 0 Å². The first-order chi connectivity index (χ1) is 8.13. The number of aryl methyl sites for hydroxylation is 1. The van der Waals surface area contributed by atoms with Gasteiger partial charge in [-0.1, -0.05) is 0 Å². The van der Waals surface area contributed by atoms with Crippen LogP contribution < -0.4 is 5.73 Å². The summed E-state index contributed by atoms with van der Waals surface area (Å²) < 4.78 is 1.93. The van der Waals surface area contributed by atoms with Gasteiger partial charge < -0.3 is 20.5 Å². The summed E-state index contributed by atoms with van der Waals surface area (Å²) in [6, 6.07) is 5.49. The molecule has 92 valence electrons. The second-order valence-corrected chi connectivity index (χ2v) is 4.12. The molecular weight excluding hydrogens is 218 g/mol. The summed E-state index contributed by atoms with van der Waals surface area (Å²) in [7, 11) is 0. The van der Waals surface area contributed by atoms with E-state index in [1.165, 1.54) is 0 Å². The first-order valence-corrected chi connectivity index (χ1v) is 5.68. The van der Waals surface area contributed by atoms with Crippen LogP contribution in [0.2, 0.25) is 0 Å². The number of aromatic nitrogens is 2. The van der Waals surface area contributed by atoms with E-state index in [2.05, 4.69) is 4.98 Å². The second kappa shape index (κ2) is 4.73. The standard InChI is InChI=1S/C12H17N3O2/c1-8(17)12-14-10-7-9(13)3-4-11(10)15(12)5-2-6-16/h3-4,7-8,16-17H,2,5-6,13H2,1H3/t8-/m1/s1. The minimum absolute atomic E-state index is 0.119. The molecule has 2 rings (SSSR count). The van der Waals surface area contributed by atoms with Crippen molar-refractivity contribution in [1.29, 1.82) is 0 Å². The van der Waals surface area contributed by atoms with E-state index in [4.69, 9.17) is 10.8 Å². The number of imidazole rings is 1. The average Bonchev–Trinajstić information content (AvgIpc) is 2.64. The van der Waals surface area contributed by atoms with Crippen molar-refractivity contribution in [2.75, 3.05) is 12.3 Å². The number of nitrogens with zero attached hydrogens (tertiary/aromatic N) is 2. The van der Waals surface area contributed by atoms with E-state index in [9.17, 15) is 5.11 Å². The van der Waals surface area contributed by atoms with Crippen LogP contribution in [0.25, 0.3) is 11.0 Å². The molecule has 0 amide bonds. The van der Waals surface area contributed by atoms with Crippen LogP contribution in [0.1, 0.15) is 25.3 Å². The van der Waals surface area contributed by atoms with Gasteiger partial charge in [-0.3, -0.25) is 0 Å². The minimum Gasteiger partial charge on any atom is -0.399 e. The fourth-order valence-corrected chi connectivity index (χ4v) is 1.95. The molecule has 0 saturated carbocycles. The molecule has 1 atom stereocenters. The molecule has 2 aromatic rings. The monoisotopic (exact) mass is 235 g/mol. The van der Waals surface area contributed by atoms with Gasteiger partial charge in [0.1, 0.15) is 11.9 Å². The van der Waals surface area contributed by atoms with Crippen molar-refractivity contribution in [3.8, 4) is 0 Å². The number of nitrogens with two attached hydrogens (primary N) is 1. The van der Waals surface area contributed by atoms with Crippen molar-refractivity contribution in [3.63, 3.8) is 0 Å².